The van der Waals surface area contributed by atoms with Crippen LogP contribution in [0, 0.1) is 0 Å². The first-order chi connectivity index (χ1) is 25.8. The van der Waals surface area contributed by atoms with Crippen LogP contribution >= 0.6 is 0 Å². The first-order valence-electron chi connectivity index (χ1n) is 21.3. The van der Waals surface area contributed by atoms with Gasteiger partial charge in [-0.05, 0) is 32.1 Å². The molecular formula is C43H79NO9. The lowest BCUT2D eigenvalue weighted by atomic mass is 9.99. The standard InChI is InChI=1S/C43H79NO9/c1-3-5-7-9-11-13-15-17-18-19-20-22-23-25-27-29-31-36(46)35(34-52-43-41(50)40(49)39(48)38(33-45)53-43)44-42(51)37(47)32-30-28-26-24-21-16-14-12-10-8-6-4-2/h21,24,28-31,35-41,43,45-50H,3-20,22-23,25-27,32-34H2,1-2H3,(H,44,51)/b24-21-,30-28-,31-29+. The SMILES string of the molecule is CCCCCCCC/C=C\C/C=C\CC(O)C(=O)NC(COC1OC(CO)C(O)C(O)C1O)C(O)/C=C/CCCCCCCCCCCCCCCC. The summed E-state index contributed by atoms with van der Waals surface area (Å²) in [4.78, 5) is 12.9. The van der Waals surface area contributed by atoms with Crippen LogP contribution in [-0.4, -0.2) is 98.7 Å². The lowest BCUT2D eigenvalue weighted by Gasteiger charge is -2.40. The maximum atomic E-state index is 12.9. The maximum Gasteiger partial charge on any atom is 0.249 e. The van der Waals surface area contributed by atoms with E-state index in [1.807, 2.05) is 12.2 Å². The average molecular weight is 754 g/mol. The zero-order valence-corrected chi connectivity index (χ0v) is 33.4. The monoisotopic (exact) mass is 754 g/mol. The van der Waals surface area contributed by atoms with E-state index in [2.05, 4.69) is 31.3 Å². The van der Waals surface area contributed by atoms with E-state index >= 15 is 0 Å². The van der Waals surface area contributed by atoms with Crippen molar-refractivity contribution in [2.45, 2.75) is 217 Å². The van der Waals surface area contributed by atoms with Crippen molar-refractivity contribution in [1.82, 2.24) is 5.32 Å². The fourth-order valence-corrected chi connectivity index (χ4v) is 6.50. The van der Waals surface area contributed by atoms with Crippen molar-refractivity contribution < 1.29 is 44.9 Å². The minimum Gasteiger partial charge on any atom is -0.394 e. The molecule has 310 valence electrons. The first-order valence-corrected chi connectivity index (χ1v) is 21.3. The summed E-state index contributed by atoms with van der Waals surface area (Å²) >= 11 is 0. The molecule has 1 amide bonds. The van der Waals surface area contributed by atoms with Crippen LogP contribution in [0.1, 0.15) is 168 Å². The molecule has 0 aromatic carbocycles. The highest BCUT2D eigenvalue weighted by Crippen LogP contribution is 2.22. The summed E-state index contributed by atoms with van der Waals surface area (Å²) in [5, 5.41) is 64.3. The molecule has 0 aromatic rings. The van der Waals surface area contributed by atoms with Gasteiger partial charge in [-0.1, -0.05) is 166 Å². The van der Waals surface area contributed by atoms with E-state index in [1.54, 1.807) is 12.2 Å². The molecule has 0 aliphatic carbocycles. The van der Waals surface area contributed by atoms with E-state index < -0.39 is 61.5 Å². The molecule has 1 aliphatic rings. The molecule has 53 heavy (non-hydrogen) atoms. The molecule has 7 N–H and O–H groups in total. The summed E-state index contributed by atoms with van der Waals surface area (Å²) in [5.74, 6) is -0.685. The molecule has 1 heterocycles. The molecule has 10 heteroatoms. The molecule has 0 aromatic heterocycles. The summed E-state index contributed by atoms with van der Waals surface area (Å²) in [5.41, 5.74) is 0. The highest BCUT2D eigenvalue weighted by Gasteiger charge is 2.44. The van der Waals surface area contributed by atoms with E-state index in [0.29, 0.717) is 6.42 Å². The number of allylic oxidation sites excluding steroid dienone is 4. The Balaban J connectivity index is 2.52. The van der Waals surface area contributed by atoms with Crippen LogP contribution in [0.4, 0.5) is 0 Å². The Labute approximate surface area is 322 Å². The second kappa shape index (κ2) is 33.7. The van der Waals surface area contributed by atoms with Crippen molar-refractivity contribution in [3.63, 3.8) is 0 Å². The average Bonchev–Trinajstić information content (AvgIpc) is 3.16. The van der Waals surface area contributed by atoms with Gasteiger partial charge in [0.25, 0.3) is 0 Å². The molecule has 1 saturated heterocycles. The maximum absolute atomic E-state index is 12.9. The highest BCUT2D eigenvalue weighted by atomic mass is 16.7. The molecule has 10 nitrogen and oxygen atoms in total. The smallest absolute Gasteiger partial charge is 0.249 e. The van der Waals surface area contributed by atoms with Crippen LogP contribution in [0.15, 0.2) is 36.5 Å². The molecule has 1 aliphatic heterocycles. The van der Waals surface area contributed by atoms with Gasteiger partial charge < -0.3 is 45.4 Å². The Hall–Kier alpha value is -1.63. The van der Waals surface area contributed by atoms with Crippen molar-refractivity contribution in [2.24, 2.45) is 0 Å². The van der Waals surface area contributed by atoms with Gasteiger partial charge in [-0.3, -0.25) is 4.79 Å². The van der Waals surface area contributed by atoms with Gasteiger partial charge in [-0.25, -0.2) is 0 Å². The van der Waals surface area contributed by atoms with Crippen molar-refractivity contribution in [3.05, 3.63) is 36.5 Å². The summed E-state index contributed by atoms with van der Waals surface area (Å²) in [7, 11) is 0. The minimum atomic E-state index is -1.62. The number of hydrogen-bond acceptors (Lipinski definition) is 9. The second-order valence-electron chi connectivity index (χ2n) is 14.9. The fraction of sp³-hybridized carbons (Fsp3) is 0.837. The van der Waals surface area contributed by atoms with Crippen molar-refractivity contribution in [1.29, 1.82) is 0 Å². The number of aliphatic hydroxyl groups excluding tert-OH is 6. The van der Waals surface area contributed by atoms with Gasteiger partial charge in [0.15, 0.2) is 6.29 Å². The van der Waals surface area contributed by atoms with E-state index in [4.69, 9.17) is 9.47 Å². The van der Waals surface area contributed by atoms with E-state index in [0.717, 1.165) is 25.7 Å². The Morgan fingerprint density at radius 3 is 1.68 bits per heavy atom. The number of ether oxygens (including phenoxy) is 2. The van der Waals surface area contributed by atoms with E-state index in [1.165, 1.54) is 116 Å². The molecule has 1 rings (SSSR count). The Morgan fingerprint density at radius 2 is 1.15 bits per heavy atom. The van der Waals surface area contributed by atoms with Gasteiger partial charge in [0.2, 0.25) is 5.91 Å². The molecule has 0 spiro atoms. The van der Waals surface area contributed by atoms with Crippen LogP contribution in [0.2, 0.25) is 0 Å². The van der Waals surface area contributed by atoms with E-state index in [9.17, 15) is 35.4 Å². The van der Waals surface area contributed by atoms with Crippen LogP contribution in [0.5, 0.6) is 0 Å². The first kappa shape index (κ1) is 49.4. The van der Waals surface area contributed by atoms with Gasteiger partial charge in [0.1, 0.15) is 30.5 Å². The van der Waals surface area contributed by atoms with Crippen molar-refractivity contribution in [2.75, 3.05) is 13.2 Å². The number of rotatable bonds is 34. The number of hydrogen-bond donors (Lipinski definition) is 7. The lowest BCUT2D eigenvalue weighted by Crippen LogP contribution is -2.60. The molecule has 0 radical (unpaired) electrons. The predicted octanol–water partition coefficient (Wildman–Crippen LogP) is 7.08. The largest absolute Gasteiger partial charge is 0.394 e. The van der Waals surface area contributed by atoms with Crippen LogP contribution < -0.4 is 5.32 Å². The number of carbonyl (C=O) groups is 1. The number of aliphatic hydroxyl groups is 6. The van der Waals surface area contributed by atoms with Crippen molar-refractivity contribution >= 4 is 5.91 Å². The third-order valence-corrected chi connectivity index (χ3v) is 10.1. The van der Waals surface area contributed by atoms with Gasteiger partial charge in [0, 0.05) is 6.42 Å². The van der Waals surface area contributed by atoms with Crippen molar-refractivity contribution in [3.8, 4) is 0 Å². The third-order valence-electron chi connectivity index (χ3n) is 10.1. The summed E-state index contributed by atoms with van der Waals surface area (Å²) in [6.45, 7) is 3.54. The quantitative estimate of drug-likeness (QED) is 0.0268. The van der Waals surface area contributed by atoms with Gasteiger partial charge in [0.05, 0.1) is 25.4 Å². The van der Waals surface area contributed by atoms with Gasteiger partial charge >= 0.3 is 0 Å². The zero-order valence-electron chi connectivity index (χ0n) is 33.4. The number of amides is 1. The molecule has 0 bridgehead atoms. The minimum absolute atomic E-state index is 0.0997. The molecule has 8 atom stereocenters. The molecule has 0 saturated carbocycles. The Kier molecular flexibility index (Phi) is 31.4. The van der Waals surface area contributed by atoms with E-state index in [-0.39, 0.29) is 13.0 Å². The normalized spacial score (nSPS) is 22.6. The molecule has 1 fully saturated rings. The zero-order chi connectivity index (χ0) is 38.9. The fourth-order valence-electron chi connectivity index (χ4n) is 6.50. The number of carbonyl (C=O) groups excluding carboxylic acids is 1. The Bertz CT molecular complexity index is 943. The van der Waals surface area contributed by atoms with Gasteiger partial charge in [-0.15, -0.1) is 0 Å². The summed E-state index contributed by atoms with van der Waals surface area (Å²) in [6, 6.07) is -1.01. The van der Waals surface area contributed by atoms with Crippen LogP contribution in [0.3, 0.4) is 0 Å². The second-order valence-corrected chi connectivity index (χ2v) is 14.9. The Morgan fingerprint density at radius 1 is 0.660 bits per heavy atom. The summed E-state index contributed by atoms with van der Waals surface area (Å²) < 4.78 is 11.1. The predicted molar refractivity (Wildman–Crippen MR) is 213 cm³/mol. The number of unbranched alkanes of at least 4 members (excludes halogenated alkanes) is 20. The van der Waals surface area contributed by atoms with Gasteiger partial charge in [-0.2, -0.15) is 0 Å². The topological polar surface area (TPSA) is 169 Å². The lowest BCUT2D eigenvalue weighted by molar-refractivity contribution is -0.302. The highest BCUT2D eigenvalue weighted by molar-refractivity contribution is 5.81. The third kappa shape index (κ3) is 24.5. The molecular weight excluding hydrogens is 674 g/mol. The summed E-state index contributed by atoms with van der Waals surface area (Å²) in [6.07, 6.45) is 29.6. The van der Waals surface area contributed by atoms with Crippen LogP contribution in [0.25, 0.3) is 0 Å². The number of nitrogens with one attached hydrogen (secondary N) is 1. The van der Waals surface area contributed by atoms with Crippen LogP contribution in [-0.2, 0) is 14.3 Å². The molecule has 8 unspecified atom stereocenters.